The molecule has 0 radical (unpaired) electrons. The molecular weight excluding hydrogens is 412 g/mol. The van der Waals surface area contributed by atoms with Crippen molar-refractivity contribution in [3.8, 4) is 0 Å². The summed E-state index contributed by atoms with van der Waals surface area (Å²) in [6.45, 7) is 4.30. The van der Waals surface area contributed by atoms with Crippen LogP contribution in [0.4, 0.5) is 4.79 Å². The number of carboxylic acid groups (broad SMARTS) is 2. The Balaban J connectivity index is 0.000000278. The van der Waals surface area contributed by atoms with Gasteiger partial charge < -0.3 is 26.0 Å². The Labute approximate surface area is 189 Å². The highest BCUT2D eigenvalue weighted by Crippen LogP contribution is 2.44. The van der Waals surface area contributed by atoms with Gasteiger partial charge in [0.25, 0.3) is 0 Å². The van der Waals surface area contributed by atoms with Gasteiger partial charge in [0.05, 0.1) is 0 Å². The number of rotatable bonds is 9. The van der Waals surface area contributed by atoms with Gasteiger partial charge in [-0.3, -0.25) is 4.79 Å². The van der Waals surface area contributed by atoms with Crippen LogP contribution in [0, 0.1) is 10.8 Å². The second-order valence-electron chi connectivity index (χ2n) is 9.78. The normalized spacial score (nSPS) is 19.6. The van der Waals surface area contributed by atoms with E-state index in [2.05, 4.69) is 19.2 Å². The molecule has 178 valence electrons. The Bertz CT molecular complexity index is 774. The molecule has 0 saturated heterocycles. The largest absolute Gasteiger partial charge is 0.480 e. The van der Waals surface area contributed by atoms with E-state index in [-0.39, 0.29) is 17.4 Å². The first-order valence-electron chi connectivity index (χ1n) is 11.2. The van der Waals surface area contributed by atoms with Crippen molar-refractivity contribution in [3.63, 3.8) is 0 Å². The molecule has 0 spiro atoms. The van der Waals surface area contributed by atoms with Crippen LogP contribution in [0.1, 0.15) is 70.8 Å². The summed E-state index contributed by atoms with van der Waals surface area (Å²) in [5.41, 5.74) is 6.52. The average Bonchev–Trinajstić information content (AvgIpc) is 2.70. The third-order valence-corrected chi connectivity index (χ3v) is 6.65. The first kappa shape index (κ1) is 25.6. The van der Waals surface area contributed by atoms with E-state index < -0.39 is 30.1 Å². The molecule has 0 heterocycles. The lowest BCUT2D eigenvalue weighted by molar-refractivity contribution is -0.141. The van der Waals surface area contributed by atoms with Crippen LogP contribution in [0.25, 0.3) is 0 Å². The van der Waals surface area contributed by atoms with Gasteiger partial charge in [0.1, 0.15) is 18.7 Å². The number of carboxylic acids is 2. The maximum absolute atomic E-state index is 11.7. The maximum atomic E-state index is 11.7. The summed E-state index contributed by atoms with van der Waals surface area (Å²) in [5.74, 6) is -1.89. The number of ether oxygens (including phenoxy) is 1. The maximum Gasteiger partial charge on any atom is 0.408 e. The van der Waals surface area contributed by atoms with Crippen molar-refractivity contribution in [2.24, 2.45) is 16.6 Å². The highest BCUT2D eigenvalue weighted by molar-refractivity contribution is 5.80. The van der Waals surface area contributed by atoms with Crippen LogP contribution in [-0.4, -0.2) is 40.3 Å². The standard InChI is InChI=1S/C16H21NO4.C8H15NO2/c1-16(8-5-9-16)10-13(14(18)19)17-15(20)21-11-12-6-3-2-4-7-12;1-8(3-2-4-8)5-6(9)7(10)11/h2-4,6-7,13H,5,8-11H2,1H3,(H,17,20)(H,18,19);6H,2-5,9H2,1H3,(H,10,11)/t13-;6-/m00/s1. The monoisotopic (exact) mass is 448 g/mol. The van der Waals surface area contributed by atoms with Crippen molar-refractivity contribution >= 4 is 18.0 Å². The van der Waals surface area contributed by atoms with Crippen LogP contribution in [0.3, 0.4) is 0 Å². The topological polar surface area (TPSA) is 139 Å². The summed E-state index contributed by atoms with van der Waals surface area (Å²) in [6.07, 6.45) is 7.03. The van der Waals surface area contributed by atoms with Gasteiger partial charge in [0, 0.05) is 0 Å². The van der Waals surface area contributed by atoms with E-state index in [0.717, 1.165) is 37.7 Å². The number of nitrogens with one attached hydrogen (secondary N) is 1. The highest BCUT2D eigenvalue weighted by Gasteiger charge is 2.37. The number of carbonyl (C=O) groups is 3. The lowest BCUT2D eigenvalue weighted by atomic mass is 9.67. The first-order valence-corrected chi connectivity index (χ1v) is 11.2. The summed E-state index contributed by atoms with van der Waals surface area (Å²) >= 11 is 0. The minimum Gasteiger partial charge on any atom is -0.480 e. The average molecular weight is 449 g/mol. The fourth-order valence-electron chi connectivity index (χ4n) is 4.19. The van der Waals surface area contributed by atoms with Crippen LogP contribution in [0.2, 0.25) is 0 Å². The van der Waals surface area contributed by atoms with Gasteiger partial charge in [-0.15, -0.1) is 0 Å². The molecule has 1 aromatic carbocycles. The van der Waals surface area contributed by atoms with E-state index in [1.165, 1.54) is 6.42 Å². The molecule has 2 fully saturated rings. The molecule has 2 aliphatic carbocycles. The van der Waals surface area contributed by atoms with Gasteiger partial charge in [0.2, 0.25) is 0 Å². The zero-order chi connectivity index (χ0) is 23.8. The third-order valence-electron chi connectivity index (χ3n) is 6.65. The first-order chi connectivity index (χ1) is 15.0. The predicted molar refractivity (Wildman–Crippen MR) is 120 cm³/mol. The van der Waals surface area contributed by atoms with Crippen LogP contribution < -0.4 is 11.1 Å². The zero-order valence-corrected chi connectivity index (χ0v) is 19.0. The molecule has 2 atom stereocenters. The minimum absolute atomic E-state index is 0.0236. The lowest BCUT2D eigenvalue weighted by Gasteiger charge is -2.40. The van der Waals surface area contributed by atoms with Gasteiger partial charge in [-0.05, 0) is 54.9 Å². The molecule has 0 aliphatic heterocycles. The van der Waals surface area contributed by atoms with E-state index in [1.54, 1.807) is 0 Å². The summed E-state index contributed by atoms with van der Waals surface area (Å²) in [4.78, 5) is 33.4. The number of benzene rings is 1. The minimum atomic E-state index is -1.01. The molecule has 3 rings (SSSR count). The number of hydrogen-bond donors (Lipinski definition) is 4. The van der Waals surface area contributed by atoms with Gasteiger partial charge >= 0.3 is 18.0 Å². The number of amides is 1. The Morgan fingerprint density at radius 1 is 0.969 bits per heavy atom. The van der Waals surface area contributed by atoms with E-state index >= 15 is 0 Å². The molecule has 8 heteroatoms. The summed E-state index contributed by atoms with van der Waals surface area (Å²) in [7, 11) is 0. The Morgan fingerprint density at radius 2 is 1.50 bits per heavy atom. The Hall–Kier alpha value is -2.61. The molecule has 1 aromatic rings. The third kappa shape index (κ3) is 8.15. The van der Waals surface area contributed by atoms with Crippen LogP contribution in [0.15, 0.2) is 30.3 Å². The fourth-order valence-corrected chi connectivity index (χ4v) is 4.19. The number of nitrogens with two attached hydrogens (primary N) is 1. The highest BCUT2D eigenvalue weighted by atomic mass is 16.5. The second kappa shape index (κ2) is 11.3. The summed E-state index contributed by atoms with van der Waals surface area (Å²) < 4.78 is 5.06. The smallest absolute Gasteiger partial charge is 0.408 e. The lowest BCUT2D eigenvalue weighted by Crippen LogP contribution is -2.45. The molecule has 5 N–H and O–H groups in total. The van der Waals surface area contributed by atoms with E-state index in [1.807, 2.05) is 30.3 Å². The summed E-state index contributed by atoms with van der Waals surface area (Å²) in [5, 5.41) is 20.2. The van der Waals surface area contributed by atoms with E-state index in [4.69, 9.17) is 15.6 Å². The number of aliphatic carboxylic acids is 2. The van der Waals surface area contributed by atoms with Crippen molar-refractivity contribution < 1.29 is 29.3 Å². The predicted octanol–water partition coefficient (Wildman–Crippen LogP) is 3.92. The Kier molecular flexibility index (Phi) is 9.07. The molecular formula is C24H36N2O6. The van der Waals surface area contributed by atoms with E-state index in [0.29, 0.717) is 12.8 Å². The number of alkyl carbamates (subject to hydrolysis) is 1. The van der Waals surface area contributed by atoms with Crippen LogP contribution in [-0.2, 0) is 20.9 Å². The van der Waals surface area contributed by atoms with Crippen molar-refractivity contribution in [1.29, 1.82) is 0 Å². The fraction of sp³-hybridized carbons (Fsp3) is 0.625. The number of carbonyl (C=O) groups excluding carboxylic acids is 1. The molecule has 2 saturated carbocycles. The van der Waals surface area contributed by atoms with Crippen molar-refractivity contribution in [2.75, 3.05) is 0 Å². The molecule has 0 bridgehead atoms. The number of hydrogen-bond acceptors (Lipinski definition) is 5. The van der Waals surface area contributed by atoms with Crippen molar-refractivity contribution in [1.82, 2.24) is 5.32 Å². The van der Waals surface area contributed by atoms with Gasteiger partial charge in [0.15, 0.2) is 0 Å². The zero-order valence-electron chi connectivity index (χ0n) is 19.0. The van der Waals surface area contributed by atoms with Crippen molar-refractivity contribution in [2.45, 2.75) is 83.9 Å². The van der Waals surface area contributed by atoms with Crippen molar-refractivity contribution in [3.05, 3.63) is 35.9 Å². The quantitative estimate of drug-likeness (QED) is 0.449. The summed E-state index contributed by atoms with van der Waals surface area (Å²) in [6, 6.07) is 7.72. The molecule has 2 aliphatic rings. The molecule has 32 heavy (non-hydrogen) atoms. The second-order valence-corrected chi connectivity index (χ2v) is 9.78. The van der Waals surface area contributed by atoms with Crippen LogP contribution >= 0.6 is 0 Å². The van der Waals surface area contributed by atoms with E-state index in [9.17, 15) is 19.5 Å². The van der Waals surface area contributed by atoms with Gasteiger partial charge in [-0.25, -0.2) is 9.59 Å². The Morgan fingerprint density at radius 3 is 1.94 bits per heavy atom. The molecule has 0 unspecified atom stereocenters. The van der Waals surface area contributed by atoms with Gasteiger partial charge in [-0.1, -0.05) is 57.0 Å². The molecule has 8 nitrogen and oxygen atoms in total. The molecule has 0 aromatic heterocycles. The van der Waals surface area contributed by atoms with Crippen LogP contribution in [0.5, 0.6) is 0 Å². The van der Waals surface area contributed by atoms with Gasteiger partial charge in [-0.2, -0.15) is 0 Å². The molecule has 1 amide bonds. The SMILES string of the molecule is CC1(C[C@H](N)C(=O)O)CCC1.CC1(C[C@H](NC(=O)OCc2ccccc2)C(=O)O)CCC1.